The van der Waals surface area contributed by atoms with Gasteiger partial charge in [0, 0.05) is 29.7 Å². The number of methoxy groups -OCH3 is 1. The molecule has 0 atom stereocenters. The molecule has 152 valence electrons. The molecule has 2 rings (SSSR count). The fourth-order valence-corrected chi connectivity index (χ4v) is 3.62. The van der Waals surface area contributed by atoms with Gasteiger partial charge in [0.15, 0.2) is 5.43 Å². The molecule has 0 aliphatic heterocycles. The summed E-state index contributed by atoms with van der Waals surface area (Å²) in [6.45, 7) is 9.84. The molecule has 2 aromatic rings. The van der Waals surface area contributed by atoms with E-state index in [0.717, 1.165) is 53.2 Å². The molecular formula is C23H32N2O3. The van der Waals surface area contributed by atoms with Crippen molar-refractivity contribution in [1.82, 2.24) is 4.57 Å². The number of aromatic nitrogens is 1. The number of hydrogen-bond acceptors (Lipinski definition) is 3. The van der Waals surface area contributed by atoms with Crippen LogP contribution in [-0.4, -0.2) is 17.6 Å². The summed E-state index contributed by atoms with van der Waals surface area (Å²) in [6, 6.07) is 3.89. The van der Waals surface area contributed by atoms with E-state index < -0.39 is 0 Å². The summed E-state index contributed by atoms with van der Waals surface area (Å²) in [5.41, 5.74) is 5.18. The van der Waals surface area contributed by atoms with Crippen molar-refractivity contribution in [2.45, 2.75) is 60.3 Å². The summed E-state index contributed by atoms with van der Waals surface area (Å²) in [5.74, 6) is 0.446. The Hall–Kier alpha value is -2.56. The molecule has 0 bridgehead atoms. The van der Waals surface area contributed by atoms with Gasteiger partial charge in [0.1, 0.15) is 11.3 Å². The fourth-order valence-electron chi connectivity index (χ4n) is 3.62. The maximum absolute atomic E-state index is 13.3. The Kier molecular flexibility index (Phi) is 7.05. The zero-order valence-corrected chi connectivity index (χ0v) is 18.2. The highest BCUT2D eigenvalue weighted by Crippen LogP contribution is 2.29. The molecule has 0 aliphatic carbocycles. The normalized spacial score (nSPS) is 10.8. The van der Waals surface area contributed by atoms with E-state index >= 15 is 0 Å². The Bertz CT molecular complexity index is 917. The molecule has 0 radical (unpaired) electrons. The molecule has 1 heterocycles. The summed E-state index contributed by atoms with van der Waals surface area (Å²) in [7, 11) is 3.56. The molecule has 0 fully saturated rings. The lowest BCUT2D eigenvalue weighted by Crippen LogP contribution is -2.30. The number of carbonyl (C=O) groups excluding carboxylic acids is 1. The van der Waals surface area contributed by atoms with Crippen LogP contribution in [0.4, 0.5) is 5.69 Å². The minimum absolute atomic E-state index is 0.179. The van der Waals surface area contributed by atoms with Gasteiger partial charge in [-0.05, 0) is 56.4 Å². The Morgan fingerprint density at radius 3 is 2.14 bits per heavy atom. The number of carbonyl (C=O) groups is 1. The Morgan fingerprint density at radius 2 is 1.68 bits per heavy atom. The Morgan fingerprint density at radius 1 is 1.11 bits per heavy atom. The number of rotatable bonds is 7. The first-order valence-corrected chi connectivity index (χ1v) is 10.0. The smallest absolute Gasteiger partial charge is 0.261 e. The molecule has 28 heavy (non-hydrogen) atoms. The maximum atomic E-state index is 13.3. The first-order valence-electron chi connectivity index (χ1n) is 10.0. The molecule has 1 aromatic carbocycles. The predicted octanol–water partition coefficient (Wildman–Crippen LogP) is 4.34. The summed E-state index contributed by atoms with van der Waals surface area (Å²) in [4.78, 5) is 26.3. The standard InChI is InChI=1S/C23H32N2O3/c1-8-11-19-20(22(26)14(4)15(5)25(19)6)23(27)24-21-16(9-2)12-18(28-7)13-17(21)10-3/h12-13H,8-11H2,1-7H3,(H,24,27). The number of nitrogens with one attached hydrogen (secondary N) is 1. The van der Waals surface area contributed by atoms with Crippen molar-refractivity contribution in [3.8, 4) is 5.75 Å². The van der Waals surface area contributed by atoms with Crippen LogP contribution < -0.4 is 15.5 Å². The van der Waals surface area contributed by atoms with Crippen molar-refractivity contribution < 1.29 is 9.53 Å². The van der Waals surface area contributed by atoms with E-state index in [-0.39, 0.29) is 16.9 Å². The van der Waals surface area contributed by atoms with Crippen molar-refractivity contribution in [2.75, 3.05) is 12.4 Å². The van der Waals surface area contributed by atoms with Gasteiger partial charge in [-0.15, -0.1) is 0 Å². The monoisotopic (exact) mass is 384 g/mol. The molecule has 1 aromatic heterocycles. The van der Waals surface area contributed by atoms with Crippen molar-refractivity contribution in [3.05, 3.63) is 56.0 Å². The Balaban J connectivity index is 2.62. The molecule has 0 spiro atoms. The molecular weight excluding hydrogens is 352 g/mol. The summed E-state index contributed by atoms with van der Waals surface area (Å²) in [5, 5.41) is 3.05. The van der Waals surface area contributed by atoms with Gasteiger partial charge in [-0.3, -0.25) is 9.59 Å². The SMILES string of the molecule is CCCc1c(C(=O)Nc2c(CC)cc(OC)cc2CC)c(=O)c(C)c(C)n1C. The van der Waals surface area contributed by atoms with Crippen LogP contribution in [0.15, 0.2) is 16.9 Å². The van der Waals surface area contributed by atoms with E-state index in [9.17, 15) is 9.59 Å². The predicted molar refractivity (Wildman–Crippen MR) is 115 cm³/mol. The number of amides is 1. The van der Waals surface area contributed by atoms with Crippen molar-refractivity contribution in [1.29, 1.82) is 0 Å². The third-order valence-electron chi connectivity index (χ3n) is 5.53. The van der Waals surface area contributed by atoms with Crippen molar-refractivity contribution >= 4 is 11.6 Å². The van der Waals surface area contributed by atoms with Crippen LogP contribution in [0.1, 0.15) is 65.6 Å². The number of ether oxygens (including phenoxy) is 1. The van der Waals surface area contributed by atoms with E-state index in [1.54, 1.807) is 14.0 Å². The molecule has 0 saturated heterocycles. The van der Waals surface area contributed by atoms with E-state index in [2.05, 4.69) is 12.2 Å². The van der Waals surface area contributed by atoms with Gasteiger partial charge >= 0.3 is 0 Å². The van der Waals surface area contributed by atoms with Gasteiger partial charge in [0.2, 0.25) is 0 Å². The van der Waals surface area contributed by atoms with E-state index in [0.29, 0.717) is 12.0 Å². The van der Waals surface area contributed by atoms with Gasteiger partial charge in [-0.2, -0.15) is 0 Å². The summed E-state index contributed by atoms with van der Waals surface area (Å²) >= 11 is 0. The molecule has 0 saturated carbocycles. The van der Waals surface area contributed by atoms with E-state index in [4.69, 9.17) is 4.74 Å². The number of hydrogen-bond donors (Lipinski definition) is 1. The second-order valence-electron chi connectivity index (χ2n) is 7.15. The quantitative estimate of drug-likeness (QED) is 0.772. The van der Waals surface area contributed by atoms with E-state index in [1.165, 1.54) is 0 Å². The second-order valence-corrected chi connectivity index (χ2v) is 7.15. The van der Waals surface area contributed by atoms with Crippen molar-refractivity contribution in [3.63, 3.8) is 0 Å². The van der Waals surface area contributed by atoms with Crippen molar-refractivity contribution in [2.24, 2.45) is 7.05 Å². The minimum Gasteiger partial charge on any atom is -0.497 e. The molecule has 0 aliphatic rings. The fraction of sp³-hybridized carbons (Fsp3) is 0.478. The molecule has 1 amide bonds. The molecule has 5 heteroatoms. The lowest BCUT2D eigenvalue weighted by molar-refractivity contribution is 0.102. The third kappa shape index (κ3) is 3.98. The highest BCUT2D eigenvalue weighted by Gasteiger charge is 2.22. The zero-order chi connectivity index (χ0) is 21.0. The topological polar surface area (TPSA) is 60.3 Å². The van der Waals surface area contributed by atoms with Gasteiger partial charge in [-0.25, -0.2) is 0 Å². The number of anilines is 1. The largest absolute Gasteiger partial charge is 0.497 e. The third-order valence-corrected chi connectivity index (χ3v) is 5.53. The van der Waals surface area contributed by atoms with Gasteiger partial charge in [-0.1, -0.05) is 27.2 Å². The Labute approximate surface area is 167 Å². The van der Waals surface area contributed by atoms with Crippen LogP contribution >= 0.6 is 0 Å². The highest BCUT2D eigenvalue weighted by atomic mass is 16.5. The van der Waals surface area contributed by atoms with Crippen LogP contribution in [0, 0.1) is 13.8 Å². The number of pyridine rings is 1. The van der Waals surface area contributed by atoms with Gasteiger partial charge in [0.05, 0.1) is 7.11 Å². The zero-order valence-electron chi connectivity index (χ0n) is 18.2. The van der Waals surface area contributed by atoms with Crippen LogP contribution in [0.5, 0.6) is 5.75 Å². The maximum Gasteiger partial charge on any atom is 0.261 e. The summed E-state index contributed by atoms with van der Waals surface area (Å²) in [6.07, 6.45) is 3.05. The number of nitrogens with zero attached hydrogens (tertiary/aromatic N) is 1. The first-order chi connectivity index (χ1) is 13.3. The average Bonchev–Trinajstić information content (AvgIpc) is 2.70. The first kappa shape index (κ1) is 21.7. The van der Waals surface area contributed by atoms with E-state index in [1.807, 2.05) is 44.5 Å². The lowest BCUT2D eigenvalue weighted by Gasteiger charge is -2.20. The van der Waals surface area contributed by atoms with Crippen LogP contribution in [0.2, 0.25) is 0 Å². The molecule has 0 unspecified atom stereocenters. The summed E-state index contributed by atoms with van der Waals surface area (Å²) < 4.78 is 7.37. The lowest BCUT2D eigenvalue weighted by atomic mass is 10.00. The van der Waals surface area contributed by atoms with Crippen LogP contribution in [0.25, 0.3) is 0 Å². The molecule has 5 nitrogen and oxygen atoms in total. The number of aryl methyl sites for hydroxylation is 2. The second kappa shape index (κ2) is 9.09. The minimum atomic E-state index is -0.332. The van der Waals surface area contributed by atoms with Gasteiger partial charge < -0.3 is 14.6 Å². The van der Waals surface area contributed by atoms with Gasteiger partial charge in [0.25, 0.3) is 5.91 Å². The van der Waals surface area contributed by atoms with Crippen LogP contribution in [0.3, 0.4) is 0 Å². The van der Waals surface area contributed by atoms with Crippen LogP contribution in [-0.2, 0) is 26.3 Å². The molecule has 1 N–H and O–H groups in total. The number of benzene rings is 1. The average molecular weight is 385 g/mol. The highest BCUT2D eigenvalue weighted by molar-refractivity contribution is 6.06.